The topological polar surface area (TPSA) is 35.2 Å². The lowest BCUT2D eigenvalue weighted by molar-refractivity contribution is 0.250. The van der Waals surface area contributed by atoms with Gasteiger partial charge in [-0.1, -0.05) is 0 Å². The first-order chi connectivity index (χ1) is 6.61. The van der Waals surface area contributed by atoms with E-state index in [4.69, 9.17) is 10.5 Å². The Morgan fingerprint density at radius 3 is 2.73 bits per heavy atom. The molecule has 84 valence electrons. The average molecular weight is 301 g/mol. The molecule has 0 fully saturated rings. The first-order valence-electron chi connectivity index (χ1n) is 4.17. The van der Waals surface area contributed by atoms with Crippen molar-refractivity contribution < 1.29 is 13.5 Å². The number of fused-ring (bicyclic) bond motifs is 1. The third kappa shape index (κ3) is 2.09. The lowest BCUT2D eigenvalue weighted by Crippen LogP contribution is -2.21. The van der Waals surface area contributed by atoms with Gasteiger partial charge in [-0.15, -0.1) is 12.4 Å². The lowest BCUT2D eigenvalue weighted by atomic mass is 10.0. The Kier molecular flexibility index (Phi) is 3.92. The quantitative estimate of drug-likeness (QED) is 0.748. The Morgan fingerprint density at radius 1 is 1.40 bits per heavy atom. The predicted molar refractivity (Wildman–Crippen MR) is 58.3 cm³/mol. The Hall–Kier alpha value is -0.390. The van der Waals surface area contributed by atoms with Crippen LogP contribution < -0.4 is 10.5 Å². The van der Waals surface area contributed by atoms with Crippen LogP contribution in [0.4, 0.5) is 8.78 Å². The normalized spacial score (nSPS) is 18.8. The van der Waals surface area contributed by atoms with E-state index in [1.54, 1.807) is 0 Å². The average Bonchev–Trinajstić information content (AvgIpc) is 2.17. The molecule has 0 radical (unpaired) electrons. The summed E-state index contributed by atoms with van der Waals surface area (Å²) >= 11 is 2.93. The van der Waals surface area contributed by atoms with E-state index in [0.717, 1.165) is 0 Å². The Labute approximate surface area is 100 Å². The second-order valence-electron chi connectivity index (χ2n) is 3.15. The highest BCUT2D eigenvalue weighted by molar-refractivity contribution is 9.10. The maximum atomic E-state index is 13.3. The van der Waals surface area contributed by atoms with Crippen molar-refractivity contribution in [3.63, 3.8) is 0 Å². The molecule has 0 aromatic heterocycles. The van der Waals surface area contributed by atoms with E-state index in [0.29, 0.717) is 18.6 Å². The summed E-state index contributed by atoms with van der Waals surface area (Å²) in [4.78, 5) is 0. The van der Waals surface area contributed by atoms with Crippen LogP contribution in [-0.4, -0.2) is 6.61 Å². The van der Waals surface area contributed by atoms with Crippen molar-refractivity contribution in [2.45, 2.75) is 12.5 Å². The zero-order chi connectivity index (χ0) is 10.3. The van der Waals surface area contributed by atoms with Crippen LogP contribution in [0.2, 0.25) is 0 Å². The highest BCUT2D eigenvalue weighted by Crippen LogP contribution is 2.37. The minimum Gasteiger partial charge on any atom is -0.490 e. The number of hydrogen-bond donors (Lipinski definition) is 1. The summed E-state index contributed by atoms with van der Waals surface area (Å²) in [5.74, 6) is -1.95. The van der Waals surface area contributed by atoms with Crippen LogP contribution in [0.3, 0.4) is 0 Å². The van der Waals surface area contributed by atoms with Gasteiger partial charge in [0.1, 0.15) is 0 Å². The van der Waals surface area contributed by atoms with Gasteiger partial charge >= 0.3 is 0 Å². The molecule has 0 saturated heterocycles. The second kappa shape index (κ2) is 4.63. The maximum Gasteiger partial charge on any atom is 0.202 e. The van der Waals surface area contributed by atoms with Gasteiger partial charge in [0.05, 0.1) is 11.1 Å². The molecule has 1 aliphatic rings. The molecule has 0 bridgehead atoms. The van der Waals surface area contributed by atoms with E-state index >= 15 is 0 Å². The molecule has 2 rings (SSSR count). The molecule has 1 atom stereocenters. The van der Waals surface area contributed by atoms with Crippen molar-refractivity contribution in [1.29, 1.82) is 0 Å². The van der Waals surface area contributed by atoms with Crippen LogP contribution in [-0.2, 0) is 0 Å². The Bertz CT molecular complexity index is 389. The van der Waals surface area contributed by atoms with Crippen molar-refractivity contribution in [2.24, 2.45) is 5.73 Å². The smallest absolute Gasteiger partial charge is 0.202 e. The number of benzene rings is 1. The highest BCUT2D eigenvalue weighted by Gasteiger charge is 2.25. The molecule has 0 unspecified atom stereocenters. The Morgan fingerprint density at radius 2 is 2.07 bits per heavy atom. The van der Waals surface area contributed by atoms with Gasteiger partial charge in [-0.3, -0.25) is 0 Å². The summed E-state index contributed by atoms with van der Waals surface area (Å²) in [7, 11) is 0. The maximum absolute atomic E-state index is 13.3. The van der Waals surface area contributed by atoms with Crippen molar-refractivity contribution >= 4 is 28.3 Å². The Balaban J connectivity index is 0.00000112. The van der Waals surface area contributed by atoms with Gasteiger partial charge in [0.15, 0.2) is 11.6 Å². The summed E-state index contributed by atoms with van der Waals surface area (Å²) in [6, 6.07) is 1.18. The fourth-order valence-corrected chi connectivity index (χ4v) is 1.88. The molecule has 1 aromatic rings. The first kappa shape index (κ1) is 12.7. The third-order valence-corrected chi connectivity index (χ3v) is 2.80. The monoisotopic (exact) mass is 299 g/mol. The van der Waals surface area contributed by atoms with Crippen molar-refractivity contribution in [1.82, 2.24) is 0 Å². The minimum absolute atomic E-state index is 0. The largest absolute Gasteiger partial charge is 0.490 e. The van der Waals surface area contributed by atoms with E-state index in [1.807, 2.05) is 0 Å². The molecule has 0 aliphatic carbocycles. The number of halogens is 4. The highest BCUT2D eigenvalue weighted by atomic mass is 79.9. The number of rotatable bonds is 0. The molecular weight excluding hydrogens is 291 g/mol. The first-order valence-corrected chi connectivity index (χ1v) is 4.96. The van der Waals surface area contributed by atoms with E-state index in [2.05, 4.69) is 15.9 Å². The molecule has 15 heavy (non-hydrogen) atoms. The van der Waals surface area contributed by atoms with E-state index < -0.39 is 11.6 Å². The van der Waals surface area contributed by atoms with Crippen molar-refractivity contribution in [3.05, 3.63) is 27.7 Å². The van der Waals surface area contributed by atoms with Crippen LogP contribution in [0.25, 0.3) is 0 Å². The van der Waals surface area contributed by atoms with Crippen LogP contribution in [0.15, 0.2) is 10.5 Å². The van der Waals surface area contributed by atoms with Gasteiger partial charge in [-0.05, 0) is 22.0 Å². The molecule has 1 aliphatic heterocycles. The zero-order valence-corrected chi connectivity index (χ0v) is 10.00. The van der Waals surface area contributed by atoms with Gasteiger partial charge in [0.2, 0.25) is 5.82 Å². The molecule has 1 heterocycles. The molecule has 2 N–H and O–H groups in total. The van der Waals surface area contributed by atoms with Crippen LogP contribution in [0.1, 0.15) is 18.0 Å². The summed E-state index contributed by atoms with van der Waals surface area (Å²) < 4.78 is 31.6. The summed E-state index contributed by atoms with van der Waals surface area (Å²) in [6.07, 6.45) is 0.616. The zero-order valence-electron chi connectivity index (χ0n) is 7.60. The predicted octanol–water partition coefficient (Wildman–Crippen LogP) is 2.93. The second-order valence-corrected chi connectivity index (χ2v) is 4.00. The van der Waals surface area contributed by atoms with E-state index in [-0.39, 0.29) is 28.7 Å². The van der Waals surface area contributed by atoms with Crippen LogP contribution >= 0.6 is 28.3 Å². The van der Waals surface area contributed by atoms with Crippen LogP contribution in [0, 0.1) is 11.6 Å². The van der Waals surface area contributed by atoms with Crippen molar-refractivity contribution in [3.8, 4) is 5.75 Å². The fourth-order valence-electron chi connectivity index (χ4n) is 1.46. The van der Waals surface area contributed by atoms with Gasteiger partial charge in [0.25, 0.3) is 0 Å². The molecule has 1 aromatic carbocycles. The molecule has 2 nitrogen and oxygen atoms in total. The summed E-state index contributed by atoms with van der Waals surface area (Å²) in [5.41, 5.74) is 6.26. The van der Waals surface area contributed by atoms with E-state index in [1.165, 1.54) is 6.07 Å². The SMILES string of the molecule is Cl.N[C@H]1CCOc2c1cc(Br)c(F)c2F. The van der Waals surface area contributed by atoms with Gasteiger partial charge in [0, 0.05) is 18.0 Å². The number of nitrogens with two attached hydrogens (primary N) is 1. The fraction of sp³-hybridized carbons (Fsp3) is 0.333. The van der Waals surface area contributed by atoms with Gasteiger partial charge in [-0.25, -0.2) is 4.39 Å². The molecule has 0 spiro atoms. The minimum atomic E-state index is -0.968. The summed E-state index contributed by atoms with van der Waals surface area (Å²) in [5, 5.41) is 0. The van der Waals surface area contributed by atoms with Gasteiger partial charge < -0.3 is 10.5 Å². The number of hydrogen-bond acceptors (Lipinski definition) is 2. The van der Waals surface area contributed by atoms with Gasteiger partial charge in [-0.2, -0.15) is 4.39 Å². The third-order valence-electron chi connectivity index (χ3n) is 2.22. The number of ether oxygens (including phenoxy) is 1. The van der Waals surface area contributed by atoms with E-state index in [9.17, 15) is 8.78 Å². The molecule has 0 amide bonds. The van der Waals surface area contributed by atoms with Crippen LogP contribution in [0.5, 0.6) is 5.75 Å². The molecular formula is C9H9BrClF2NO. The molecule has 6 heteroatoms. The standard InChI is InChI=1S/C9H8BrF2NO.ClH/c10-5-3-4-6(13)1-2-14-9(4)8(12)7(5)11;/h3,6H,1-2,13H2;1H/t6-;/m0./s1. The molecule has 0 saturated carbocycles. The lowest BCUT2D eigenvalue weighted by Gasteiger charge is -2.23. The van der Waals surface area contributed by atoms with Crippen molar-refractivity contribution in [2.75, 3.05) is 6.61 Å². The summed E-state index contributed by atoms with van der Waals surface area (Å²) in [6.45, 7) is 0.326.